The van der Waals surface area contributed by atoms with E-state index in [2.05, 4.69) is 75.9 Å². The molecule has 1 saturated heterocycles. The van der Waals surface area contributed by atoms with E-state index in [-0.39, 0.29) is 59.4 Å². The number of rotatable bonds is 8. The van der Waals surface area contributed by atoms with Crippen LogP contribution in [-0.2, 0) is 56.6 Å². The summed E-state index contributed by atoms with van der Waals surface area (Å²) in [6.45, 7) is 13.4. The van der Waals surface area contributed by atoms with Crippen molar-refractivity contribution in [1.82, 2.24) is 60.4 Å². The molecular formula is C76H92Cl3FN16O5. The van der Waals surface area contributed by atoms with Crippen molar-refractivity contribution in [1.29, 1.82) is 0 Å². The zero-order chi connectivity index (χ0) is 70.4. The fraction of sp³-hybridized carbons (Fsp3) is 0.474. The van der Waals surface area contributed by atoms with E-state index < -0.39 is 5.82 Å². The normalized spacial score (nSPS) is 21.0. The smallest absolute Gasteiger partial charge is 0.322 e. The SMILES string of the molecule is CC1Cc2[nH]nc(C3CCCC3)c2CN1C(=O)Nc1ccc(F)c(Cl)c1.CC1Cc2[nH]nc(C3CCCC3)c2CN1C(=O)Nc1cccc(Cl)c1.CC1Cc2[nH]nc(C3CCCO3)c2CN1C(=O)Nc1cccc(Cl)c1.Cc1cccc(NC(=O)N2Cc3c(C4CCCC4)n[nH]c3CC2C)c1. The van der Waals surface area contributed by atoms with Gasteiger partial charge >= 0.3 is 24.1 Å². The number of H-pyrrole nitrogens is 4. The number of hydrogen-bond donors (Lipinski definition) is 8. The quantitative estimate of drug-likeness (QED) is 0.0719. The van der Waals surface area contributed by atoms with Crippen molar-refractivity contribution in [2.24, 2.45) is 0 Å². The lowest BCUT2D eigenvalue weighted by Gasteiger charge is -2.33. The molecule has 5 unspecified atom stereocenters. The van der Waals surface area contributed by atoms with E-state index in [9.17, 15) is 23.6 Å². The number of aromatic amines is 4. The lowest BCUT2D eigenvalue weighted by Crippen LogP contribution is -2.45. The Kier molecular flexibility index (Phi) is 22.4. The number of fused-ring (bicyclic) bond motifs is 4. The number of carbonyl (C=O) groups excluding carboxylic acids is 4. The molecular weight excluding hydrogens is 1340 g/mol. The Morgan fingerprint density at radius 2 is 0.772 bits per heavy atom. The van der Waals surface area contributed by atoms with Gasteiger partial charge < -0.3 is 45.6 Å². The fourth-order valence-electron chi connectivity index (χ4n) is 15.9. The number of anilines is 4. The van der Waals surface area contributed by atoms with Gasteiger partial charge in [0.15, 0.2) is 0 Å². The molecule has 21 nitrogen and oxygen atoms in total. The number of halogens is 4. The van der Waals surface area contributed by atoms with Crippen LogP contribution in [0.2, 0.25) is 15.1 Å². The highest BCUT2D eigenvalue weighted by atomic mass is 35.5. The molecule has 5 atom stereocenters. The Bertz CT molecular complexity index is 3930. The predicted molar refractivity (Wildman–Crippen MR) is 392 cm³/mol. The third-order valence-electron chi connectivity index (χ3n) is 21.5. The molecule has 4 fully saturated rings. The molecule has 16 rings (SSSR count). The summed E-state index contributed by atoms with van der Waals surface area (Å²) in [6.07, 6.45) is 20.1. The number of hydrogen-bond acceptors (Lipinski definition) is 9. The van der Waals surface area contributed by atoms with Crippen LogP contribution in [0.5, 0.6) is 0 Å². The molecule has 3 saturated carbocycles. The van der Waals surface area contributed by atoms with Crippen LogP contribution in [0, 0.1) is 12.7 Å². The molecule has 0 bridgehead atoms. The van der Waals surface area contributed by atoms with Gasteiger partial charge in [-0.3, -0.25) is 20.4 Å². The van der Waals surface area contributed by atoms with Crippen molar-refractivity contribution in [3.63, 3.8) is 0 Å². The number of urea groups is 4. The second-order valence-corrected chi connectivity index (χ2v) is 30.0. The zero-order valence-electron chi connectivity index (χ0n) is 58.2. The van der Waals surface area contributed by atoms with E-state index in [1.54, 1.807) is 24.3 Å². The van der Waals surface area contributed by atoms with Crippen LogP contribution < -0.4 is 21.3 Å². The van der Waals surface area contributed by atoms with Crippen LogP contribution in [-0.4, -0.2) is 115 Å². The molecule has 8 amide bonds. The average molecular weight is 1440 g/mol. The van der Waals surface area contributed by atoms with Crippen molar-refractivity contribution in [3.8, 4) is 0 Å². The summed E-state index contributed by atoms with van der Waals surface area (Å²) in [6, 6.07) is 26.6. The molecule has 8 N–H and O–H groups in total. The summed E-state index contributed by atoms with van der Waals surface area (Å²) >= 11 is 17.8. The number of amides is 8. The first-order chi connectivity index (χ1) is 48.9. The maximum atomic E-state index is 13.3. The Labute approximate surface area is 604 Å². The highest BCUT2D eigenvalue weighted by molar-refractivity contribution is 6.31. The van der Waals surface area contributed by atoms with Crippen molar-refractivity contribution in [3.05, 3.63) is 185 Å². The molecule has 3 aliphatic carbocycles. The van der Waals surface area contributed by atoms with E-state index in [0.717, 1.165) is 90.4 Å². The van der Waals surface area contributed by atoms with Gasteiger partial charge in [-0.25, -0.2) is 23.6 Å². The summed E-state index contributed by atoms with van der Waals surface area (Å²) < 4.78 is 19.1. The molecule has 0 radical (unpaired) electrons. The van der Waals surface area contributed by atoms with Crippen LogP contribution in [0.15, 0.2) is 91.0 Å². The lowest BCUT2D eigenvalue weighted by molar-refractivity contribution is 0.106. The van der Waals surface area contributed by atoms with Crippen molar-refractivity contribution in [2.45, 2.75) is 224 Å². The van der Waals surface area contributed by atoms with Gasteiger partial charge in [0.25, 0.3) is 0 Å². The third kappa shape index (κ3) is 16.6. The third-order valence-corrected chi connectivity index (χ3v) is 22.2. The minimum Gasteiger partial charge on any atom is -0.372 e. The van der Waals surface area contributed by atoms with Crippen LogP contribution in [0.25, 0.3) is 0 Å². The largest absolute Gasteiger partial charge is 0.372 e. The summed E-state index contributed by atoms with van der Waals surface area (Å²) in [5.74, 6) is 1.12. The highest BCUT2D eigenvalue weighted by Crippen LogP contribution is 2.42. The molecule has 101 heavy (non-hydrogen) atoms. The second-order valence-electron chi connectivity index (χ2n) is 28.7. The van der Waals surface area contributed by atoms with E-state index >= 15 is 0 Å². The Morgan fingerprint density at radius 3 is 1.11 bits per heavy atom. The van der Waals surface area contributed by atoms with Gasteiger partial charge in [-0.1, -0.05) is 97.6 Å². The van der Waals surface area contributed by atoms with E-state index in [4.69, 9.17) is 39.5 Å². The number of ether oxygens (including phenoxy) is 1. The van der Waals surface area contributed by atoms with Crippen LogP contribution in [0.3, 0.4) is 0 Å². The molecule has 534 valence electrons. The topological polar surface area (TPSA) is 253 Å². The van der Waals surface area contributed by atoms with Crippen molar-refractivity contribution in [2.75, 3.05) is 27.9 Å². The van der Waals surface area contributed by atoms with Gasteiger partial charge in [0.1, 0.15) is 11.9 Å². The predicted octanol–water partition coefficient (Wildman–Crippen LogP) is 17.8. The summed E-state index contributed by atoms with van der Waals surface area (Å²) in [5.41, 5.74) is 17.8. The highest BCUT2D eigenvalue weighted by Gasteiger charge is 2.38. The van der Waals surface area contributed by atoms with E-state index in [1.165, 1.54) is 135 Å². The number of carbonyl (C=O) groups is 4. The second kappa shape index (κ2) is 31.8. The molecule has 4 aromatic heterocycles. The standard InChI is InChI=1S/C20H26N4O.C19H22ClFN4O.C19H23ClN4O.C18H21ClN4O2/c1-13-6-5-9-16(10-13)21-20(25)24-12-17-18(11-14(24)2)22-23-19(17)15-7-3-4-8-15;1-11-8-17-14(18(24-23-17)12-4-2-3-5-12)10-25(11)19(26)22-13-6-7-16(21)15(20)9-13;1-12-9-17-16(18(23-22-17)13-5-2-3-6-13)11-24(12)19(25)21-15-8-4-7-14(20)10-15;1-11-8-15-14(17(22-21-15)16-6-3-7-25-16)10-23(11)18(24)20-13-5-2-4-12(19)9-13/h5-6,9-10,14-15H,3-4,7-8,11-12H2,1-2H3,(H,21,25)(H,22,23);6-7,9,11-12H,2-5,8,10H2,1H3,(H,22,26)(H,23,24);4,7-8,10,12-13H,2-3,5-6,9,11H2,1H3,(H,21,25)(H,22,23);2,4-5,9,11,16H,3,6-8,10H2,1H3,(H,20,24)(H,21,22). The number of nitrogens with one attached hydrogen (secondary N) is 8. The number of aryl methyl sites for hydroxylation is 1. The van der Waals surface area contributed by atoms with Gasteiger partial charge in [-0.2, -0.15) is 20.4 Å². The first-order valence-electron chi connectivity index (χ1n) is 36.1. The minimum absolute atomic E-state index is 0.00451. The van der Waals surface area contributed by atoms with Gasteiger partial charge in [-0.15, -0.1) is 0 Å². The summed E-state index contributed by atoms with van der Waals surface area (Å²) in [7, 11) is 0. The summed E-state index contributed by atoms with van der Waals surface area (Å²) in [5, 5.41) is 44.1. The van der Waals surface area contributed by atoms with Gasteiger partial charge in [-0.05, 0) is 158 Å². The van der Waals surface area contributed by atoms with Crippen LogP contribution >= 0.6 is 34.8 Å². The maximum Gasteiger partial charge on any atom is 0.322 e. The fourth-order valence-corrected chi connectivity index (χ4v) is 16.5. The zero-order valence-corrected chi connectivity index (χ0v) is 60.4. The molecule has 25 heteroatoms. The van der Waals surface area contributed by atoms with Crippen LogP contribution in [0.4, 0.5) is 46.3 Å². The summed E-state index contributed by atoms with van der Waals surface area (Å²) in [4.78, 5) is 58.7. The molecule has 8 aromatic rings. The molecule has 0 spiro atoms. The molecule has 4 aromatic carbocycles. The Balaban J connectivity index is 0.000000120. The van der Waals surface area contributed by atoms with E-state index in [0.29, 0.717) is 65.4 Å². The van der Waals surface area contributed by atoms with Crippen molar-refractivity contribution < 1.29 is 28.3 Å². The number of benzene rings is 4. The molecule has 8 aliphatic rings. The molecule has 9 heterocycles. The molecule has 5 aliphatic heterocycles. The lowest BCUT2D eigenvalue weighted by atomic mass is 9.93. The Morgan fingerprint density at radius 1 is 0.436 bits per heavy atom. The van der Waals surface area contributed by atoms with Gasteiger partial charge in [0.2, 0.25) is 0 Å². The van der Waals surface area contributed by atoms with Gasteiger partial charge in [0, 0.05) is 152 Å². The monoisotopic (exact) mass is 1430 g/mol. The van der Waals surface area contributed by atoms with Crippen LogP contribution in [0.1, 0.15) is 215 Å². The van der Waals surface area contributed by atoms with Crippen molar-refractivity contribution >= 4 is 81.7 Å². The minimum atomic E-state index is -0.500. The average Bonchev–Trinajstić information content (AvgIpc) is 1.69. The van der Waals surface area contributed by atoms with Gasteiger partial charge in [0.05, 0.1) is 54.0 Å². The first-order valence-corrected chi connectivity index (χ1v) is 37.2. The Hall–Kier alpha value is -8.44. The number of nitrogens with zero attached hydrogens (tertiary/aromatic N) is 8. The number of aromatic nitrogens is 8. The maximum absolute atomic E-state index is 13.3. The first kappa shape index (κ1) is 71.0. The van der Waals surface area contributed by atoms with E-state index in [1.807, 2.05) is 88.9 Å².